The lowest BCUT2D eigenvalue weighted by atomic mass is 10.0. The lowest BCUT2D eigenvalue weighted by Gasteiger charge is -2.20. The highest BCUT2D eigenvalue weighted by atomic mass is 19.4. The second-order valence-corrected chi connectivity index (χ2v) is 7.41. The van der Waals surface area contributed by atoms with Crippen molar-refractivity contribution < 1.29 is 35.6 Å². The molecule has 0 saturated carbocycles. The van der Waals surface area contributed by atoms with E-state index >= 15 is 0 Å². The fourth-order valence-corrected chi connectivity index (χ4v) is 3.50. The van der Waals surface area contributed by atoms with Gasteiger partial charge in [0, 0.05) is 30.4 Å². The average molecular weight is 457 g/mol. The molecule has 0 aliphatic carbocycles. The number of anilines is 1. The summed E-state index contributed by atoms with van der Waals surface area (Å²) in [7, 11) is 1.94. The molecule has 3 aromatic rings. The van der Waals surface area contributed by atoms with Gasteiger partial charge in [-0.15, -0.1) is 0 Å². The maximum atomic E-state index is 13.5. The van der Waals surface area contributed by atoms with E-state index in [2.05, 4.69) is 19.8 Å². The molecule has 5 nitrogen and oxygen atoms in total. The molecule has 0 saturated heterocycles. The Morgan fingerprint density at radius 3 is 2.53 bits per heavy atom. The van der Waals surface area contributed by atoms with E-state index in [9.17, 15) is 26.3 Å². The molecule has 0 bridgehead atoms. The van der Waals surface area contributed by atoms with Gasteiger partial charge in [-0.3, -0.25) is 0 Å². The quantitative estimate of drug-likeness (QED) is 0.468. The van der Waals surface area contributed by atoms with Gasteiger partial charge in [-0.05, 0) is 43.2 Å². The number of likely N-dealkylation sites (N-methyl/N-ethyl adjacent to an activating group) is 1. The van der Waals surface area contributed by atoms with Crippen LogP contribution in [0.25, 0.3) is 22.8 Å². The molecule has 1 atom stereocenters. The highest BCUT2D eigenvalue weighted by Crippen LogP contribution is 2.41. The zero-order valence-corrected chi connectivity index (χ0v) is 16.9. The van der Waals surface area contributed by atoms with Crippen LogP contribution in [0.15, 0.2) is 40.9 Å². The highest BCUT2D eigenvalue weighted by molar-refractivity contribution is 5.73. The molecule has 1 unspecified atom stereocenters. The Labute approximate surface area is 178 Å². The number of rotatable bonds is 4. The molecule has 4 rings (SSSR count). The summed E-state index contributed by atoms with van der Waals surface area (Å²) in [6.07, 6.45) is -11.4. The van der Waals surface area contributed by atoms with Crippen molar-refractivity contribution in [2.24, 2.45) is 0 Å². The van der Waals surface area contributed by atoms with Crippen LogP contribution in [-0.2, 0) is 12.6 Å². The highest BCUT2D eigenvalue weighted by Gasteiger charge is 2.41. The third-order valence-corrected chi connectivity index (χ3v) is 5.22. The first-order valence-corrected chi connectivity index (χ1v) is 9.57. The Morgan fingerprint density at radius 1 is 1.09 bits per heavy atom. The summed E-state index contributed by atoms with van der Waals surface area (Å²) in [6, 6.07) is 8.17. The third kappa shape index (κ3) is 4.11. The van der Waals surface area contributed by atoms with Crippen molar-refractivity contribution in [1.29, 1.82) is 0 Å². The Morgan fingerprint density at radius 2 is 1.84 bits per heavy atom. The van der Waals surface area contributed by atoms with E-state index in [0.717, 1.165) is 36.3 Å². The summed E-state index contributed by atoms with van der Waals surface area (Å²) in [5, 5.41) is 3.89. The number of nitrogens with zero attached hydrogens (tertiary/aromatic N) is 3. The predicted octanol–water partition coefficient (Wildman–Crippen LogP) is 5.74. The first-order chi connectivity index (χ1) is 14.9. The summed E-state index contributed by atoms with van der Waals surface area (Å²) >= 11 is 0. The summed E-state index contributed by atoms with van der Waals surface area (Å²) in [5.74, 6) is -0.911. The van der Waals surface area contributed by atoms with Gasteiger partial charge in [0.15, 0.2) is 6.10 Å². The minimum atomic E-state index is -4.95. The van der Waals surface area contributed by atoms with E-state index in [4.69, 9.17) is 4.52 Å². The molecule has 2 aromatic carbocycles. The van der Waals surface area contributed by atoms with E-state index in [-0.39, 0.29) is 17.3 Å². The Hall–Kier alpha value is -3.24. The van der Waals surface area contributed by atoms with Gasteiger partial charge in [-0.2, -0.15) is 31.3 Å². The van der Waals surface area contributed by atoms with Crippen molar-refractivity contribution in [1.82, 2.24) is 10.1 Å². The Kier molecular flexibility index (Phi) is 5.30. The number of benzene rings is 2. The standard InChI is InChI=1S/C21H17F6N3O2/c1-11(20(22,23)24)31-17-7-6-12(10-15(17)21(25,26)27)19-28-18(29-32-19)14-4-3-5-16-13(14)8-9-30(16)2/h3-7,10-11H,8-9H2,1-2H3. The Balaban J connectivity index is 1.69. The molecule has 0 amide bonds. The van der Waals surface area contributed by atoms with Gasteiger partial charge >= 0.3 is 12.4 Å². The monoisotopic (exact) mass is 457 g/mol. The molecule has 0 fully saturated rings. The van der Waals surface area contributed by atoms with Gasteiger partial charge in [-0.1, -0.05) is 17.3 Å². The van der Waals surface area contributed by atoms with Crippen LogP contribution in [0, 0.1) is 0 Å². The minimum Gasteiger partial charge on any atom is -0.481 e. The number of hydrogen-bond donors (Lipinski definition) is 0. The molecule has 2 heterocycles. The van der Waals surface area contributed by atoms with Crippen LogP contribution >= 0.6 is 0 Å². The largest absolute Gasteiger partial charge is 0.481 e. The van der Waals surface area contributed by atoms with E-state index < -0.39 is 29.8 Å². The molecule has 1 aliphatic heterocycles. The number of aromatic nitrogens is 2. The summed E-state index contributed by atoms with van der Waals surface area (Å²) in [4.78, 5) is 6.29. The average Bonchev–Trinajstić information content (AvgIpc) is 3.34. The van der Waals surface area contributed by atoms with Gasteiger partial charge < -0.3 is 14.2 Å². The first-order valence-electron chi connectivity index (χ1n) is 9.57. The van der Waals surface area contributed by atoms with Crippen LogP contribution in [0.4, 0.5) is 32.0 Å². The number of fused-ring (bicyclic) bond motifs is 1. The van der Waals surface area contributed by atoms with E-state index in [0.29, 0.717) is 18.6 Å². The van der Waals surface area contributed by atoms with Crippen molar-refractivity contribution in [3.8, 4) is 28.6 Å². The zero-order valence-electron chi connectivity index (χ0n) is 16.9. The van der Waals surface area contributed by atoms with Crippen molar-refractivity contribution in [2.75, 3.05) is 18.5 Å². The molecule has 11 heteroatoms. The Bertz CT molecular complexity index is 1140. The van der Waals surface area contributed by atoms with Crippen molar-refractivity contribution in [3.63, 3.8) is 0 Å². The molecule has 1 aliphatic rings. The fraction of sp³-hybridized carbons (Fsp3) is 0.333. The zero-order chi connectivity index (χ0) is 23.3. The molecule has 0 N–H and O–H groups in total. The first kappa shape index (κ1) is 22.0. The van der Waals surface area contributed by atoms with Crippen molar-refractivity contribution in [2.45, 2.75) is 31.8 Å². The molecule has 0 spiro atoms. The predicted molar refractivity (Wildman–Crippen MR) is 103 cm³/mol. The van der Waals surface area contributed by atoms with E-state index in [1.165, 1.54) is 0 Å². The van der Waals surface area contributed by atoms with Gasteiger partial charge in [-0.25, -0.2) is 0 Å². The summed E-state index contributed by atoms with van der Waals surface area (Å²) < 4.78 is 88.5. The smallest absolute Gasteiger partial charge is 0.425 e. The maximum absolute atomic E-state index is 13.5. The lowest BCUT2D eigenvalue weighted by Crippen LogP contribution is -2.31. The third-order valence-electron chi connectivity index (χ3n) is 5.22. The summed E-state index contributed by atoms with van der Waals surface area (Å²) in [5.41, 5.74) is 1.26. The number of hydrogen-bond acceptors (Lipinski definition) is 5. The molecule has 170 valence electrons. The van der Waals surface area contributed by atoms with Crippen LogP contribution in [0.3, 0.4) is 0 Å². The maximum Gasteiger partial charge on any atom is 0.425 e. The number of halogens is 6. The molecule has 32 heavy (non-hydrogen) atoms. The van der Waals surface area contributed by atoms with Gasteiger partial charge in [0.2, 0.25) is 5.82 Å². The van der Waals surface area contributed by atoms with Gasteiger partial charge in [0.05, 0.1) is 5.56 Å². The number of alkyl halides is 6. The van der Waals surface area contributed by atoms with Gasteiger partial charge in [0.1, 0.15) is 5.75 Å². The normalized spacial score (nSPS) is 15.1. The van der Waals surface area contributed by atoms with Crippen LogP contribution in [0.1, 0.15) is 18.1 Å². The molecular weight excluding hydrogens is 440 g/mol. The second kappa shape index (κ2) is 7.72. The van der Waals surface area contributed by atoms with Crippen LogP contribution in [0.5, 0.6) is 5.75 Å². The second-order valence-electron chi connectivity index (χ2n) is 7.41. The van der Waals surface area contributed by atoms with Crippen molar-refractivity contribution >= 4 is 5.69 Å². The molecule has 1 aromatic heterocycles. The SMILES string of the molecule is CC(Oc1ccc(-c2nc(-c3cccc4c3CCN4C)no2)cc1C(F)(F)F)C(F)(F)F. The van der Waals surface area contributed by atoms with Crippen LogP contribution in [0.2, 0.25) is 0 Å². The van der Waals surface area contributed by atoms with Crippen molar-refractivity contribution in [3.05, 3.63) is 47.5 Å². The van der Waals surface area contributed by atoms with E-state index in [1.54, 1.807) is 6.07 Å². The van der Waals surface area contributed by atoms with Gasteiger partial charge in [0.25, 0.3) is 5.89 Å². The number of ether oxygens (including phenoxy) is 1. The van der Waals surface area contributed by atoms with Crippen LogP contribution in [-0.4, -0.2) is 36.0 Å². The fourth-order valence-electron chi connectivity index (χ4n) is 3.50. The topological polar surface area (TPSA) is 51.4 Å². The summed E-state index contributed by atoms with van der Waals surface area (Å²) in [6.45, 7) is 1.44. The van der Waals surface area contributed by atoms with E-state index in [1.807, 2.05) is 19.2 Å². The lowest BCUT2D eigenvalue weighted by molar-refractivity contribution is -0.191. The van der Waals surface area contributed by atoms with Crippen LogP contribution < -0.4 is 9.64 Å². The molecule has 0 radical (unpaired) electrons. The minimum absolute atomic E-state index is 0.0900. The molecular formula is C21H17F6N3O2.